The van der Waals surface area contributed by atoms with Crippen LogP contribution in [0, 0.1) is 0 Å². The molecule has 1 heterocycles. The fourth-order valence-corrected chi connectivity index (χ4v) is 1.54. The molecule has 0 N–H and O–H groups in total. The number of nitrogens with zero attached hydrogens (tertiary/aromatic N) is 1. The van der Waals surface area contributed by atoms with Gasteiger partial charge in [-0.05, 0) is 6.92 Å². The summed E-state index contributed by atoms with van der Waals surface area (Å²) in [7, 11) is 2.28. The third kappa shape index (κ3) is 1.96. The maximum absolute atomic E-state index is 5.39. The Kier molecular flexibility index (Phi) is 2.69. The molecule has 1 aliphatic heterocycles. The SMILES string of the molecule is CCOC[N+]1(C)CCCC1. The Morgan fingerprint density at radius 2 is 1.90 bits per heavy atom. The van der Waals surface area contributed by atoms with Crippen molar-refractivity contribution in [1.29, 1.82) is 0 Å². The highest BCUT2D eigenvalue weighted by Gasteiger charge is 2.26. The van der Waals surface area contributed by atoms with Gasteiger partial charge in [0.2, 0.25) is 0 Å². The Morgan fingerprint density at radius 1 is 1.30 bits per heavy atom. The van der Waals surface area contributed by atoms with Gasteiger partial charge < -0.3 is 9.22 Å². The number of likely N-dealkylation sites (tertiary alicyclic amines) is 1. The standard InChI is InChI=1S/C8H18NO/c1-3-10-8-9(2)6-4-5-7-9/h3-8H2,1-2H3/q+1. The molecule has 0 aliphatic carbocycles. The second-order valence-electron chi connectivity index (χ2n) is 3.40. The predicted octanol–water partition coefficient (Wildman–Crippen LogP) is 1.22. The lowest BCUT2D eigenvalue weighted by Gasteiger charge is -2.27. The number of rotatable bonds is 3. The molecule has 0 unspecified atom stereocenters. The molecule has 1 rings (SSSR count). The fourth-order valence-electron chi connectivity index (χ4n) is 1.54. The summed E-state index contributed by atoms with van der Waals surface area (Å²) in [4.78, 5) is 0. The average Bonchev–Trinajstić information content (AvgIpc) is 2.33. The van der Waals surface area contributed by atoms with E-state index in [2.05, 4.69) is 14.0 Å². The molecule has 0 atom stereocenters. The fraction of sp³-hybridized carbons (Fsp3) is 1.00. The third-order valence-electron chi connectivity index (χ3n) is 2.25. The molecule has 0 aromatic rings. The summed E-state index contributed by atoms with van der Waals surface area (Å²) in [5.74, 6) is 0. The molecule has 0 amide bonds. The molecule has 0 spiro atoms. The second-order valence-corrected chi connectivity index (χ2v) is 3.40. The highest BCUT2D eigenvalue weighted by atomic mass is 16.5. The topological polar surface area (TPSA) is 9.23 Å². The van der Waals surface area contributed by atoms with Crippen molar-refractivity contribution in [2.24, 2.45) is 0 Å². The van der Waals surface area contributed by atoms with E-state index in [9.17, 15) is 0 Å². The molecule has 0 radical (unpaired) electrons. The first-order valence-corrected chi connectivity index (χ1v) is 4.18. The van der Waals surface area contributed by atoms with Crippen molar-refractivity contribution in [2.75, 3.05) is 33.5 Å². The molecule has 1 aliphatic rings. The maximum atomic E-state index is 5.39. The third-order valence-corrected chi connectivity index (χ3v) is 2.25. The molecule has 2 heteroatoms. The molecule has 0 aromatic heterocycles. The van der Waals surface area contributed by atoms with Gasteiger partial charge in [0.1, 0.15) is 0 Å². The van der Waals surface area contributed by atoms with E-state index in [1.165, 1.54) is 25.9 Å². The molecule has 0 bridgehead atoms. The van der Waals surface area contributed by atoms with Crippen molar-refractivity contribution < 1.29 is 9.22 Å². The summed E-state index contributed by atoms with van der Waals surface area (Å²) in [6, 6.07) is 0. The summed E-state index contributed by atoms with van der Waals surface area (Å²) in [6.45, 7) is 6.44. The molecule has 1 saturated heterocycles. The van der Waals surface area contributed by atoms with Gasteiger partial charge >= 0.3 is 0 Å². The lowest BCUT2D eigenvalue weighted by atomic mass is 10.4. The molecule has 0 saturated carbocycles. The molecular formula is C8H18NO+. The van der Waals surface area contributed by atoms with E-state index in [0.29, 0.717) is 0 Å². The first-order valence-electron chi connectivity index (χ1n) is 4.18. The van der Waals surface area contributed by atoms with Crippen molar-refractivity contribution in [1.82, 2.24) is 0 Å². The zero-order valence-electron chi connectivity index (χ0n) is 7.10. The summed E-state index contributed by atoms with van der Waals surface area (Å²) >= 11 is 0. The number of hydrogen-bond donors (Lipinski definition) is 0. The second kappa shape index (κ2) is 3.35. The van der Waals surface area contributed by atoms with Crippen LogP contribution in [-0.4, -0.2) is 38.0 Å². The zero-order chi connectivity index (χ0) is 7.45. The largest absolute Gasteiger partial charge is 0.332 e. The van der Waals surface area contributed by atoms with Crippen molar-refractivity contribution in [3.05, 3.63) is 0 Å². The number of ether oxygens (including phenoxy) is 1. The van der Waals surface area contributed by atoms with Gasteiger partial charge in [0.15, 0.2) is 6.73 Å². The van der Waals surface area contributed by atoms with E-state index in [4.69, 9.17) is 4.74 Å². The smallest absolute Gasteiger partial charge is 0.182 e. The lowest BCUT2D eigenvalue weighted by Crippen LogP contribution is -2.42. The van der Waals surface area contributed by atoms with Crippen molar-refractivity contribution in [3.8, 4) is 0 Å². The molecule has 1 fully saturated rings. The van der Waals surface area contributed by atoms with E-state index >= 15 is 0 Å². The quantitative estimate of drug-likeness (QED) is 0.541. The summed E-state index contributed by atoms with van der Waals surface area (Å²) in [5.41, 5.74) is 0. The molecule has 2 nitrogen and oxygen atoms in total. The van der Waals surface area contributed by atoms with Crippen molar-refractivity contribution in [2.45, 2.75) is 19.8 Å². The van der Waals surface area contributed by atoms with Gasteiger partial charge in [-0.3, -0.25) is 0 Å². The van der Waals surface area contributed by atoms with E-state index in [0.717, 1.165) is 17.8 Å². The van der Waals surface area contributed by atoms with Crippen LogP contribution in [0.15, 0.2) is 0 Å². The van der Waals surface area contributed by atoms with Crippen molar-refractivity contribution in [3.63, 3.8) is 0 Å². The Hall–Kier alpha value is -0.0800. The van der Waals surface area contributed by atoms with Gasteiger partial charge in [-0.25, -0.2) is 0 Å². The summed E-state index contributed by atoms with van der Waals surface area (Å²) in [6.07, 6.45) is 2.76. The summed E-state index contributed by atoms with van der Waals surface area (Å²) in [5, 5.41) is 0. The van der Waals surface area contributed by atoms with Crippen LogP contribution in [0.25, 0.3) is 0 Å². The Bertz CT molecular complexity index is 97.4. The van der Waals surface area contributed by atoms with Crippen molar-refractivity contribution >= 4 is 0 Å². The van der Waals surface area contributed by atoms with Gasteiger partial charge in [0.05, 0.1) is 20.1 Å². The summed E-state index contributed by atoms with van der Waals surface area (Å²) < 4.78 is 6.53. The zero-order valence-corrected chi connectivity index (χ0v) is 7.10. The van der Waals surface area contributed by atoms with Gasteiger partial charge in [-0.15, -0.1) is 0 Å². The van der Waals surface area contributed by atoms with Crippen LogP contribution in [0.1, 0.15) is 19.8 Å². The predicted molar refractivity (Wildman–Crippen MR) is 41.6 cm³/mol. The molecule has 60 valence electrons. The molecule has 0 aromatic carbocycles. The van der Waals surface area contributed by atoms with E-state index in [-0.39, 0.29) is 0 Å². The Balaban J connectivity index is 2.22. The van der Waals surface area contributed by atoms with Gasteiger partial charge in [0, 0.05) is 19.4 Å². The first kappa shape index (κ1) is 8.02. The minimum Gasteiger partial charge on any atom is -0.332 e. The minimum absolute atomic E-state index is 0.855. The Morgan fingerprint density at radius 3 is 2.40 bits per heavy atom. The number of quaternary nitrogens is 1. The highest BCUT2D eigenvalue weighted by molar-refractivity contribution is 4.48. The number of hydrogen-bond acceptors (Lipinski definition) is 1. The lowest BCUT2D eigenvalue weighted by molar-refractivity contribution is -0.916. The van der Waals surface area contributed by atoms with Crippen LogP contribution >= 0.6 is 0 Å². The minimum atomic E-state index is 0.855. The van der Waals surface area contributed by atoms with Gasteiger partial charge in [-0.1, -0.05) is 0 Å². The first-order chi connectivity index (χ1) is 4.77. The monoisotopic (exact) mass is 144 g/mol. The van der Waals surface area contributed by atoms with Crippen LogP contribution in [0.2, 0.25) is 0 Å². The van der Waals surface area contributed by atoms with E-state index < -0.39 is 0 Å². The van der Waals surface area contributed by atoms with Crippen LogP contribution in [0.5, 0.6) is 0 Å². The highest BCUT2D eigenvalue weighted by Crippen LogP contribution is 2.15. The van der Waals surface area contributed by atoms with Crippen LogP contribution in [0.4, 0.5) is 0 Å². The van der Waals surface area contributed by atoms with Crippen LogP contribution in [-0.2, 0) is 4.74 Å². The van der Waals surface area contributed by atoms with Crippen LogP contribution in [0.3, 0.4) is 0 Å². The molecular weight excluding hydrogens is 126 g/mol. The average molecular weight is 144 g/mol. The van der Waals surface area contributed by atoms with Crippen LogP contribution < -0.4 is 0 Å². The van der Waals surface area contributed by atoms with Gasteiger partial charge in [-0.2, -0.15) is 0 Å². The van der Waals surface area contributed by atoms with Gasteiger partial charge in [0.25, 0.3) is 0 Å². The van der Waals surface area contributed by atoms with E-state index in [1.54, 1.807) is 0 Å². The Labute approximate surface area is 63.4 Å². The normalized spacial score (nSPS) is 23.4. The maximum Gasteiger partial charge on any atom is 0.182 e. The van der Waals surface area contributed by atoms with E-state index in [1.807, 2.05) is 0 Å². The molecule has 10 heavy (non-hydrogen) atoms.